The van der Waals surface area contributed by atoms with Gasteiger partial charge in [-0.05, 0) is 22.4 Å². The quantitative estimate of drug-likeness (QED) is 0.395. The van der Waals surface area contributed by atoms with Gasteiger partial charge in [0, 0.05) is 4.68 Å². The van der Waals surface area contributed by atoms with Crippen LogP contribution in [0.4, 0.5) is 0 Å². The number of benzene rings is 1. The zero-order valence-corrected chi connectivity index (χ0v) is 11.7. The lowest BCUT2D eigenvalue weighted by Gasteiger charge is -2.02. The molecule has 7 heteroatoms. The standard InChI is InChI=1S/C15H14BN3O3/c20-16(21)22-19-8-4-7-13-9-17-10-14(11-18(17)15(13)19)12-5-2-1-3-6-12/h1-8,10-11,20-21H,9H2/q+2. The highest BCUT2D eigenvalue weighted by molar-refractivity contribution is 6.32. The Bertz CT molecular complexity index is 833. The first-order valence-electron chi connectivity index (χ1n) is 6.97. The van der Waals surface area contributed by atoms with E-state index in [1.54, 1.807) is 6.20 Å². The number of aromatic nitrogens is 3. The predicted octanol–water partition coefficient (Wildman–Crippen LogP) is -0.521. The summed E-state index contributed by atoms with van der Waals surface area (Å²) in [4.78, 5) is 0. The Morgan fingerprint density at radius 3 is 2.64 bits per heavy atom. The highest BCUT2D eigenvalue weighted by Gasteiger charge is 2.38. The van der Waals surface area contributed by atoms with Crippen LogP contribution in [0.5, 0.6) is 0 Å². The minimum atomic E-state index is -1.87. The molecular formula is C15H14BN3O3+2. The fraction of sp³-hybridized carbons (Fsp3) is 0.0667. The minimum Gasteiger partial charge on any atom is -0.388 e. The van der Waals surface area contributed by atoms with Gasteiger partial charge < -0.3 is 14.8 Å². The van der Waals surface area contributed by atoms with Gasteiger partial charge in [-0.25, -0.2) is 0 Å². The molecule has 22 heavy (non-hydrogen) atoms. The summed E-state index contributed by atoms with van der Waals surface area (Å²) in [5, 5.41) is 18.1. The van der Waals surface area contributed by atoms with Crippen molar-refractivity contribution in [2.24, 2.45) is 0 Å². The van der Waals surface area contributed by atoms with Crippen LogP contribution >= 0.6 is 0 Å². The monoisotopic (exact) mass is 295 g/mol. The molecule has 0 spiro atoms. The van der Waals surface area contributed by atoms with Crippen LogP contribution in [-0.4, -0.2) is 22.1 Å². The molecular weight excluding hydrogens is 281 g/mol. The van der Waals surface area contributed by atoms with E-state index >= 15 is 0 Å². The van der Waals surface area contributed by atoms with Gasteiger partial charge in [0.15, 0.2) is 6.20 Å². The molecule has 0 bridgehead atoms. The lowest BCUT2D eigenvalue weighted by molar-refractivity contribution is -0.868. The molecule has 1 aliphatic heterocycles. The highest BCUT2D eigenvalue weighted by atomic mass is 16.7. The second-order valence-electron chi connectivity index (χ2n) is 5.14. The van der Waals surface area contributed by atoms with Gasteiger partial charge in [0.25, 0.3) is 0 Å². The molecule has 1 aliphatic rings. The lowest BCUT2D eigenvalue weighted by atomic mass is 10.1. The molecule has 0 saturated heterocycles. The molecule has 6 nitrogen and oxygen atoms in total. The average molecular weight is 295 g/mol. The third kappa shape index (κ3) is 2.07. The smallest absolute Gasteiger partial charge is 0.388 e. The lowest BCUT2D eigenvalue weighted by Crippen LogP contribution is -2.53. The zero-order chi connectivity index (χ0) is 15.1. The maximum Gasteiger partial charge on any atom is 0.747 e. The molecule has 0 atom stereocenters. The molecule has 4 rings (SSSR count). The molecule has 2 aromatic heterocycles. The van der Waals surface area contributed by atoms with Crippen LogP contribution in [-0.2, 0) is 6.54 Å². The summed E-state index contributed by atoms with van der Waals surface area (Å²) in [5.41, 5.74) is 3.26. The van der Waals surface area contributed by atoms with E-state index in [-0.39, 0.29) is 0 Å². The molecule has 0 saturated carbocycles. The van der Waals surface area contributed by atoms with Crippen molar-refractivity contribution < 1.29 is 24.2 Å². The molecule has 3 heterocycles. The summed E-state index contributed by atoms with van der Waals surface area (Å²) >= 11 is 0. The summed E-state index contributed by atoms with van der Waals surface area (Å²) in [6.45, 7) is 0.702. The Hall–Kier alpha value is -2.64. The zero-order valence-electron chi connectivity index (χ0n) is 11.7. The Morgan fingerprint density at radius 2 is 1.86 bits per heavy atom. The molecule has 0 fully saturated rings. The first-order chi connectivity index (χ1) is 10.7. The molecule has 0 amide bonds. The Morgan fingerprint density at radius 1 is 1.05 bits per heavy atom. The van der Waals surface area contributed by atoms with Crippen LogP contribution < -0.4 is 14.2 Å². The maximum atomic E-state index is 9.06. The first kappa shape index (κ1) is 13.1. The predicted molar refractivity (Wildman–Crippen MR) is 77.5 cm³/mol. The summed E-state index contributed by atoms with van der Waals surface area (Å²) in [5.74, 6) is 0.762. The minimum absolute atomic E-state index is 0.702. The van der Waals surface area contributed by atoms with E-state index in [0.717, 1.165) is 22.5 Å². The average Bonchev–Trinajstić information content (AvgIpc) is 3.05. The van der Waals surface area contributed by atoms with E-state index in [4.69, 9.17) is 14.8 Å². The third-order valence-electron chi connectivity index (χ3n) is 3.71. The normalized spacial score (nSPS) is 11.9. The van der Waals surface area contributed by atoms with Crippen LogP contribution in [0.25, 0.3) is 16.9 Å². The van der Waals surface area contributed by atoms with Gasteiger partial charge >= 0.3 is 13.1 Å². The van der Waals surface area contributed by atoms with Crippen LogP contribution in [0.3, 0.4) is 0 Å². The van der Waals surface area contributed by atoms with Gasteiger partial charge in [-0.2, -0.15) is 0 Å². The molecule has 1 aromatic carbocycles. The van der Waals surface area contributed by atoms with E-state index in [1.807, 2.05) is 41.2 Å². The number of hydrogen-bond acceptors (Lipinski definition) is 3. The van der Waals surface area contributed by atoms with Gasteiger partial charge in [-0.1, -0.05) is 35.1 Å². The van der Waals surface area contributed by atoms with Crippen molar-refractivity contribution in [2.75, 3.05) is 0 Å². The SMILES string of the molecule is OB(O)O[n+]1cccc2c1-n1cc(-c3ccccc3)c[n+]1C2. The summed E-state index contributed by atoms with van der Waals surface area (Å²) in [7, 11) is -1.87. The van der Waals surface area contributed by atoms with Gasteiger partial charge in [-0.15, -0.1) is 0 Å². The van der Waals surface area contributed by atoms with Crippen LogP contribution in [0, 0.1) is 0 Å². The number of rotatable bonds is 3. The second kappa shape index (κ2) is 4.97. The van der Waals surface area contributed by atoms with Gasteiger partial charge in [0.2, 0.25) is 12.7 Å². The first-order valence-corrected chi connectivity index (χ1v) is 6.97. The van der Waals surface area contributed by atoms with E-state index in [0.29, 0.717) is 6.54 Å². The number of nitrogens with zero attached hydrogens (tertiary/aromatic N) is 3. The van der Waals surface area contributed by atoms with Crippen molar-refractivity contribution in [3.05, 3.63) is 66.6 Å². The van der Waals surface area contributed by atoms with E-state index in [1.165, 1.54) is 4.73 Å². The Kier molecular flexibility index (Phi) is 2.95. The Balaban J connectivity index is 1.81. The summed E-state index contributed by atoms with van der Waals surface area (Å²) < 4.78 is 10.4. The topological polar surface area (TPSA) is 62.4 Å². The van der Waals surface area contributed by atoms with Crippen molar-refractivity contribution in [2.45, 2.75) is 6.54 Å². The number of pyridine rings is 1. The molecule has 2 N–H and O–H groups in total. The number of fused-ring (bicyclic) bond motifs is 3. The second-order valence-corrected chi connectivity index (χ2v) is 5.14. The highest BCUT2D eigenvalue weighted by Crippen LogP contribution is 2.22. The van der Waals surface area contributed by atoms with E-state index < -0.39 is 7.32 Å². The van der Waals surface area contributed by atoms with Crippen LogP contribution in [0.1, 0.15) is 5.56 Å². The van der Waals surface area contributed by atoms with E-state index in [9.17, 15) is 0 Å². The van der Waals surface area contributed by atoms with Crippen molar-refractivity contribution in [1.82, 2.24) is 4.68 Å². The van der Waals surface area contributed by atoms with E-state index in [2.05, 4.69) is 23.0 Å². The molecule has 0 aliphatic carbocycles. The van der Waals surface area contributed by atoms with Crippen molar-refractivity contribution in [1.29, 1.82) is 0 Å². The van der Waals surface area contributed by atoms with Crippen LogP contribution in [0.2, 0.25) is 0 Å². The number of hydrogen-bond donors (Lipinski definition) is 2. The van der Waals surface area contributed by atoms with Gasteiger partial charge in [0.05, 0.1) is 5.56 Å². The molecule has 0 unspecified atom stereocenters. The summed E-state index contributed by atoms with van der Waals surface area (Å²) in [6.07, 6.45) is 5.72. The Labute approximate surface area is 127 Å². The van der Waals surface area contributed by atoms with Crippen molar-refractivity contribution >= 4 is 7.32 Å². The summed E-state index contributed by atoms with van der Waals surface area (Å²) in [6, 6.07) is 13.9. The third-order valence-corrected chi connectivity index (χ3v) is 3.71. The maximum absolute atomic E-state index is 9.06. The van der Waals surface area contributed by atoms with Crippen LogP contribution in [0.15, 0.2) is 61.1 Å². The molecule has 0 radical (unpaired) electrons. The molecule has 108 valence electrons. The van der Waals surface area contributed by atoms with Crippen molar-refractivity contribution in [3.63, 3.8) is 0 Å². The fourth-order valence-corrected chi connectivity index (χ4v) is 2.80. The van der Waals surface area contributed by atoms with Gasteiger partial charge in [-0.3, -0.25) is 0 Å². The largest absolute Gasteiger partial charge is 0.747 e. The van der Waals surface area contributed by atoms with Gasteiger partial charge in [0.1, 0.15) is 11.8 Å². The van der Waals surface area contributed by atoms with Crippen molar-refractivity contribution in [3.8, 4) is 16.9 Å². The molecule has 3 aromatic rings. The fourth-order valence-electron chi connectivity index (χ4n) is 2.80.